The van der Waals surface area contributed by atoms with Gasteiger partial charge in [-0.05, 0) is 62.1 Å². The highest BCUT2D eigenvalue weighted by atomic mass is 16.2. The molecule has 1 fully saturated rings. The summed E-state index contributed by atoms with van der Waals surface area (Å²) in [5.74, 6) is -8.70. The van der Waals surface area contributed by atoms with Crippen LogP contribution in [0, 0.1) is 0 Å². The first-order valence-electron chi connectivity index (χ1n) is 24.8. The van der Waals surface area contributed by atoms with E-state index in [0.717, 1.165) is 17.8 Å². The molecule has 20 N–H and O–H groups in total. The van der Waals surface area contributed by atoms with Gasteiger partial charge in [-0.2, -0.15) is 0 Å². The number of rotatable bonds is 18. The number of hydrogen-bond donors (Lipinski definition) is 15. The van der Waals surface area contributed by atoms with Crippen molar-refractivity contribution >= 4 is 81.9 Å². The SMILES string of the molecule is CC(=O)NC[C@@H]1NC(=O)[C@@H](NC(=O)[C@H](CCCN=C(N)N)NC(C)=O)CC(=O)NCCCCC(C(N)=O)NC(=O)[C@H](Cc2c[nH]c3ccccc23)NC(=O)[C@H](CCCN=C(N)N)NC(=O)[C@@H](Cc2ccccc2)NC1=O. The van der Waals surface area contributed by atoms with Crippen LogP contribution < -0.4 is 76.5 Å². The molecule has 2 heterocycles. The van der Waals surface area contributed by atoms with Gasteiger partial charge in [-0.25, -0.2) is 0 Å². The first kappa shape index (κ1) is 59.8. The van der Waals surface area contributed by atoms with Gasteiger partial charge < -0.3 is 81.5 Å². The number of H-pyrrole nitrogens is 1. The Balaban J connectivity index is 1.79. The number of nitrogens with two attached hydrogens (primary N) is 5. The van der Waals surface area contributed by atoms with E-state index < -0.39 is 114 Å². The Morgan fingerprint density at radius 3 is 1.92 bits per heavy atom. The van der Waals surface area contributed by atoms with Crippen LogP contribution >= 0.6 is 0 Å². The second-order valence-corrected chi connectivity index (χ2v) is 18.2. The summed E-state index contributed by atoms with van der Waals surface area (Å²) in [6.45, 7) is 1.90. The molecule has 7 atom stereocenters. The van der Waals surface area contributed by atoms with Gasteiger partial charge in [0.15, 0.2) is 11.9 Å². The fraction of sp³-hybridized carbons (Fsp3) is 0.469. The standard InChI is InChI=1S/C49H71N17O10/c1-27(67)58-26-39-47(76)63-36(22-29-12-4-3-5-13-29)44(73)62-35(18-11-21-57-49(53)54)43(72)64-37(23-30-25-59-32-15-7-6-14-31(30)32)45(74)61-33(41(50)70)16-8-9-19-55-40(69)24-38(46(75)66-39)65-42(71)34(60-28(2)68)17-10-20-56-48(51)52/h3-7,12-15,25,33-39,59H,8-11,16-24,26H2,1-2H3,(H2,50,70)(H,55,69)(H,58,67)(H,60,68)(H,61,74)(H,62,73)(H,63,76)(H,64,72)(H,65,71)(H,66,75)(H4,51,52,56)(H4,53,54,57)/t33?,34-,35-,36+,37-,38-,39-/m0/s1. The number of nitrogens with one attached hydrogen (secondary N) is 10. The van der Waals surface area contributed by atoms with Crippen LogP contribution in [0.3, 0.4) is 0 Å². The van der Waals surface area contributed by atoms with Crippen LogP contribution in [-0.4, -0.2) is 144 Å². The summed E-state index contributed by atoms with van der Waals surface area (Å²) in [5.41, 5.74) is 29.7. The van der Waals surface area contributed by atoms with Crippen molar-refractivity contribution in [1.82, 2.24) is 52.8 Å². The number of hydrogen-bond acceptors (Lipinski definition) is 12. The number of para-hydroxylation sites is 1. The molecular weight excluding hydrogens is 987 g/mol. The summed E-state index contributed by atoms with van der Waals surface area (Å²) in [4.78, 5) is 148. The fourth-order valence-electron chi connectivity index (χ4n) is 8.12. The number of benzene rings is 2. The van der Waals surface area contributed by atoms with E-state index >= 15 is 0 Å². The van der Waals surface area contributed by atoms with Crippen molar-refractivity contribution in [3.8, 4) is 0 Å². The maximum absolute atomic E-state index is 14.6. The summed E-state index contributed by atoms with van der Waals surface area (Å²) in [7, 11) is 0. The first-order chi connectivity index (χ1) is 36.2. The van der Waals surface area contributed by atoms with Gasteiger partial charge in [0.25, 0.3) is 0 Å². The van der Waals surface area contributed by atoms with Gasteiger partial charge in [0, 0.05) is 70.0 Å². The minimum atomic E-state index is -1.70. The van der Waals surface area contributed by atoms with Crippen molar-refractivity contribution in [3.63, 3.8) is 0 Å². The zero-order chi connectivity index (χ0) is 55.7. The first-order valence-corrected chi connectivity index (χ1v) is 24.8. The molecule has 1 aliphatic rings. The third-order valence-electron chi connectivity index (χ3n) is 12.0. The Hall–Kier alpha value is -8.78. The van der Waals surface area contributed by atoms with E-state index in [1.165, 1.54) is 6.92 Å². The average molecular weight is 1060 g/mol. The fourth-order valence-corrected chi connectivity index (χ4v) is 8.12. The molecule has 412 valence electrons. The molecule has 1 unspecified atom stereocenters. The summed E-state index contributed by atoms with van der Waals surface area (Å²) in [6.07, 6.45) is 1.43. The summed E-state index contributed by atoms with van der Waals surface area (Å²) >= 11 is 0. The lowest BCUT2D eigenvalue weighted by Gasteiger charge is -2.28. The minimum absolute atomic E-state index is 0.00248. The van der Waals surface area contributed by atoms with Crippen LogP contribution in [0.2, 0.25) is 0 Å². The van der Waals surface area contributed by atoms with E-state index in [0.29, 0.717) is 11.1 Å². The Morgan fingerprint density at radius 2 is 1.26 bits per heavy atom. The Kier molecular flexibility index (Phi) is 23.9. The molecule has 0 radical (unpaired) electrons. The van der Waals surface area contributed by atoms with Crippen molar-refractivity contribution in [3.05, 3.63) is 71.9 Å². The highest BCUT2D eigenvalue weighted by Gasteiger charge is 2.35. The zero-order valence-corrected chi connectivity index (χ0v) is 42.6. The summed E-state index contributed by atoms with van der Waals surface area (Å²) in [6, 6.07) is 5.67. The van der Waals surface area contributed by atoms with Crippen LogP contribution in [0.1, 0.15) is 76.3 Å². The molecular formula is C49H71N17O10. The molecule has 0 saturated carbocycles. The normalized spacial score (nSPS) is 20.9. The molecule has 0 bridgehead atoms. The predicted octanol–water partition coefficient (Wildman–Crippen LogP) is -4.21. The molecule has 27 nitrogen and oxygen atoms in total. The van der Waals surface area contributed by atoms with E-state index in [4.69, 9.17) is 28.7 Å². The molecule has 4 rings (SSSR count). The van der Waals surface area contributed by atoms with Crippen LogP contribution in [0.5, 0.6) is 0 Å². The molecule has 76 heavy (non-hydrogen) atoms. The highest BCUT2D eigenvalue weighted by Crippen LogP contribution is 2.20. The van der Waals surface area contributed by atoms with Gasteiger partial charge in [-0.15, -0.1) is 0 Å². The van der Waals surface area contributed by atoms with Crippen molar-refractivity contribution in [2.45, 2.75) is 120 Å². The number of fused-ring (bicyclic) bond motifs is 1. The second kappa shape index (κ2) is 30.4. The Bertz CT molecular complexity index is 2580. The van der Waals surface area contributed by atoms with Gasteiger partial charge in [0.05, 0.1) is 6.42 Å². The smallest absolute Gasteiger partial charge is 0.245 e. The molecule has 0 aliphatic carbocycles. The van der Waals surface area contributed by atoms with Crippen LogP contribution in [0.25, 0.3) is 10.9 Å². The van der Waals surface area contributed by atoms with Gasteiger partial charge >= 0.3 is 0 Å². The van der Waals surface area contributed by atoms with Crippen molar-refractivity contribution in [2.75, 3.05) is 26.2 Å². The quantitative estimate of drug-likeness (QED) is 0.0327. The lowest BCUT2D eigenvalue weighted by molar-refractivity contribution is -0.136. The lowest BCUT2D eigenvalue weighted by Crippen LogP contribution is -2.62. The number of primary amides is 1. The van der Waals surface area contributed by atoms with Crippen LogP contribution in [0.15, 0.2) is 70.8 Å². The van der Waals surface area contributed by atoms with Gasteiger partial charge in [0.1, 0.15) is 42.3 Å². The van der Waals surface area contributed by atoms with Crippen LogP contribution in [0.4, 0.5) is 0 Å². The van der Waals surface area contributed by atoms with E-state index in [2.05, 4.69) is 62.8 Å². The van der Waals surface area contributed by atoms with Crippen LogP contribution in [-0.2, 0) is 60.8 Å². The molecule has 27 heteroatoms. The zero-order valence-electron chi connectivity index (χ0n) is 42.6. The van der Waals surface area contributed by atoms with E-state index in [-0.39, 0.29) is 89.3 Å². The van der Waals surface area contributed by atoms with Crippen molar-refractivity contribution in [1.29, 1.82) is 0 Å². The molecule has 1 saturated heterocycles. The van der Waals surface area contributed by atoms with Gasteiger partial charge in [0.2, 0.25) is 59.1 Å². The number of amides is 10. The van der Waals surface area contributed by atoms with E-state index in [9.17, 15) is 47.9 Å². The predicted molar refractivity (Wildman–Crippen MR) is 281 cm³/mol. The number of aliphatic imine (C=N–C) groups is 2. The molecule has 1 aromatic heterocycles. The number of aromatic nitrogens is 1. The Morgan fingerprint density at radius 1 is 0.671 bits per heavy atom. The second-order valence-electron chi connectivity index (χ2n) is 18.2. The number of guanidine groups is 2. The number of carbonyl (C=O) groups is 10. The largest absolute Gasteiger partial charge is 0.370 e. The van der Waals surface area contributed by atoms with Crippen molar-refractivity contribution in [2.24, 2.45) is 38.7 Å². The average Bonchev–Trinajstić information content (AvgIpc) is 3.77. The number of aromatic amines is 1. The third-order valence-corrected chi connectivity index (χ3v) is 12.0. The Labute approximate surface area is 438 Å². The maximum atomic E-state index is 14.6. The topological polar surface area (TPSA) is 450 Å². The minimum Gasteiger partial charge on any atom is -0.370 e. The summed E-state index contributed by atoms with van der Waals surface area (Å²) < 4.78 is 0. The molecule has 3 aromatic rings. The molecule has 10 amide bonds. The van der Waals surface area contributed by atoms with Gasteiger partial charge in [-0.3, -0.25) is 57.9 Å². The van der Waals surface area contributed by atoms with Gasteiger partial charge in [-0.1, -0.05) is 48.5 Å². The van der Waals surface area contributed by atoms with Crippen molar-refractivity contribution < 1.29 is 47.9 Å². The lowest BCUT2D eigenvalue weighted by atomic mass is 10.0. The third kappa shape index (κ3) is 20.6. The maximum Gasteiger partial charge on any atom is 0.245 e. The highest BCUT2D eigenvalue weighted by molar-refractivity contribution is 5.99. The molecule has 0 spiro atoms. The van der Waals surface area contributed by atoms with E-state index in [1.54, 1.807) is 42.6 Å². The van der Waals surface area contributed by atoms with E-state index in [1.807, 2.05) is 18.2 Å². The monoisotopic (exact) mass is 1060 g/mol. The summed E-state index contributed by atoms with van der Waals surface area (Å²) in [5, 5.41) is 24.1. The number of carbonyl (C=O) groups excluding carboxylic acids is 10. The molecule has 2 aromatic carbocycles. The molecule has 1 aliphatic heterocycles. The number of nitrogens with zero attached hydrogens (tertiary/aromatic N) is 2.